The van der Waals surface area contributed by atoms with Crippen molar-refractivity contribution in [1.82, 2.24) is 4.90 Å². The Bertz CT molecular complexity index is 1160. The van der Waals surface area contributed by atoms with Crippen molar-refractivity contribution in [3.05, 3.63) is 95.1 Å². The maximum absolute atomic E-state index is 13.0. The number of carbonyl (C=O) groups excluding carboxylic acids is 1. The van der Waals surface area contributed by atoms with Gasteiger partial charge in [0.25, 0.3) is 0 Å². The van der Waals surface area contributed by atoms with E-state index in [2.05, 4.69) is 4.90 Å². The smallest absolute Gasteiger partial charge is 0.196 e. The van der Waals surface area contributed by atoms with E-state index in [9.17, 15) is 4.79 Å². The maximum atomic E-state index is 13.0. The monoisotopic (exact) mass is 469 g/mol. The number of ketones is 1. The first-order valence-electron chi connectivity index (χ1n) is 12.4. The van der Waals surface area contributed by atoms with Gasteiger partial charge in [0.15, 0.2) is 5.78 Å². The zero-order valence-electron chi connectivity index (χ0n) is 19.9. The number of nitrogens with zero attached hydrogens (tertiary/aromatic N) is 1. The van der Waals surface area contributed by atoms with Gasteiger partial charge in [0.05, 0.1) is 12.2 Å². The van der Waals surface area contributed by atoms with Crippen molar-refractivity contribution < 1.29 is 19.0 Å². The van der Waals surface area contributed by atoms with Crippen LogP contribution in [-0.4, -0.2) is 43.5 Å². The molecule has 3 aromatic carbocycles. The number of Topliss-reactive ketones (excluding diaryl/α,β-unsaturated/α-hetero) is 1. The number of benzene rings is 3. The summed E-state index contributed by atoms with van der Waals surface area (Å²) < 4.78 is 17.7. The predicted octanol–water partition coefficient (Wildman–Crippen LogP) is 5.79. The van der Waals surface area contributed by atoms with Gasteiger partial charge in [-0.3, -0.25) is 4.79 Å². The average Bonchev–Trinajstić information content (AvgIpc) is 3.42. The third-order valence-electron chi connectivity index (χ3n) is 6.43. The third-order valence-corrected chi connectivity index (χ3v) is 6.43. The number of ether oxygens (including phenoxy) is 3. The zero-order chi connectivity index (χ0) is 23.9. The van der Waals surface area contributed by atoms with Gasteiger partial charge in [0, 0.05) is 18.2 Å². The molecule has 5 heteroatoms. The van der Waals surface area contributed by atoms with Gasteiger partial charge < -0.3 is 19.1 Å². The fraction of sp³-hybridized carbons (Fsp3) is 0.300. The van der Waals surface area contributed by atoms with Crippen molar-refractivity contribution in [3.63, 3.8) is 0 Å². The molecule has 1 fully saturated rings. The van der Waals surface area contributed by atoms with E-state index < -0.39 is 0 Å². The Labute approximate surface area is 206 Å². The molecule has 5 rings (SSSR count). The van der Waals surface area contributed by atoms with Crippen LogP contribution < -0.4 is 14.2 Å². The third kappa shape index (κ3) is 6.11. The molecule has 2 aliphatic rings. The molecular formula is C30H31NO4. The van der Waals surface area contributed by atoms with Crippen molar-refractivity contribution in [3.8, 4) is 17.2 Å². The number of hydrogen-bond acceptors (Lipinski definition) is 5. The number of carbonyl (C=O) groups is 1. The van der Waals surface area contributed by atoms with Gasteiger partial charge in [0.2, 0.25) is 0 Å². The highest BCUT2D eigenvalue weighted by molar-refractivity contribution is 6.14. The van der Waals surface area contributed by atoms with Crippen LogP contribution in [-0.2, 0) is 6.61 Å². The SMILES string of the molecule is O=C1/C(=C/c2ccc(OCCCN3CCCC3)cc2)COc2cc(OCc3ccccc3)ccc21. The van der Waals surface area contributed by atoms with E-state index >= 15 is 0 Å². The lowest BCUT2D eigenvalue weighted by molar-refractivity contribution is 0.100. The summed E-state index contributed by atoms with van der Waals surface area (Å²) in [5.74, 6) is 2.09. The summed E-state index contributed by atoms with van der Waals surface area (Å²) in [7, 11) is 0. The van der Waals surface area contributed by atoms with Gasteiger partial charge in [-0.15, -0.1) is 0 Å². The van der Waals surface area contributed by atoms with Crippen molar-refractivity contribution in [1.29, 1.82) is 0 Å². The highest BCUT2D eigenvalue weighted by atomic mass is 16.5. The molecule has 0 bridgehead atoms. The fourth-order valence-corrected chi connectivity index (χ4v) is 4.49. The molecule has 2 heterocycles. The van der Waals surface area contributed by atoms with Gasteiger partial charge in [-0.1, -0.05) is 42.5 Å². The van der Waals surface area contributed by atoms with Crippen LogP contribution in [0.5, 0.6) is 17.2 Å². The number of likely N-dealkylation sites (tertiary alicyclic amines) is 1. The molecule has 0 aromatic heterocycles. The molecule has 5 nitrogen and oxygen atoms in total. The van der Waals surface area contributed by atoms with Crippen LogP contribution >= 0.6 is 0 Å². The quantitative estimate of drug-likeness (QED) is 0.293. The van der Waals surface area contributed by atoms with Crippen LogP contribution in [0.3, 0.4) is 0 Å². The van der Waals surface area contributed by atoms with Crippen molar-refractivity contribution >= 4 is 11.9 Å². The molecule has 0 saturated carbocycles. The van der Waals surface area contributed by atoms with Gasteiger partial charge in [-0.05, 0) is 73.8 Å². The molecule has 1 saturated heterocycles. The summed E-state index contributed by atoms with van der Waals surface area (Å²) >= 11 is 0. The Morgan fingerprint density at radius 2 is 1.66 bits per heavy atom. The van der Waals surface area contributed by atoms with Crippen LogP contribution in [0.25, 0.3) is 6.08 Å². The van der Waals surface area contributed by atoms with Gasteiger partial charge in [-0.25, -0.2) is 0 Å². The van der Waals surface area contributed by atoms with E-state index in [1.54, 1.807) is 12.1 Å². The average molecular weight is 470 g/mol. The Hall–Kier alpha value is -3.57. The van der Waals surface area contributed by atoms with Crippen LogP contribution in [0, 0.1) is 0 Å². The van der Waals surface area contributed by atoms with E-state index in [4.69, 9.17) is 14.2 Å². The second kappa shape index (κ2) is 11.2. The molecule has 0 N–H and O–H groups in total. The topological polar surface area (TPSA) is 48.0 Å². The first-order valence-corrected chi connectivity index (χ1v) is 12.4. The molecule has 0 spiro atoms. The highest BCUT2D eigenvalue weighted by Gasteiger charge is 2.24. The summed E-state index contributed by atoms with van der Waals surface area (Å²) in [6, 6.07) is 23.3. The highest BCUT2D eigenvalue weighted by Crippen LogP contribution is 2.32. The number of fused-ring (bicyclic) bond motifs is 1. The Balaban J connectivity index is 1.15. The number of rotatable bonds is 9. The van der Waals surface area contributed by atoms with E-state index in [-0.39, 0.29) is 12.4 Å². The molecule has 180 valence electrons. The zero-order valence-corrected chi connectivity index (χ0v) is 19.9. The molecular weight excluding hydrogens is 438 g/mol. The molecule has 0 atom stereocenters. The van der Waals surface area contributed by atoms with Gasteiger partial charge in [0.1, 0.15) is 30.5 Å². The second-order valence-electron chi connectivity index (χ2n) is 9.04. The van der Waals surface area contributed by atoms with E-state index in [1.807, 2.05) is 66.7 Å². The summed E-state index contributed by atoms with van der Waals surface area (Å²) in [6.07, 6.45) is 5.57. The summed E-state index contributed by atoms with van der Waals surface area (Å²) in [5, 5.41) is 0. The summed E-state index contributed by atoms with van der Waals surface area (Å²) in [5.41, 5.74) is 3.24. The lowest BCUT2D eigenvalue weighted by Crippen LogP contribution is -2.21. The van der Waals surface area contributed by atoms with E-state index in [1.165, 1.54) is 25.9 Å². The molecule has 0 amide bonds. The van der Waals surface area contributed by atoms with Crippen molar-refractivity contribution in [2.24, 2.45) is 0 Å². The largest absolute Gasteiger partial charge is 0.494 e. The van der Waals surface area contributed by atoms with Gasteiger partial charge in [-0.2, -0.15) is 0 Å². The van der Waals surface area contributed by atoms with Crippen LogP contribution in [0.2, 0.25) is 0 Å². The van der Waals surface area contributed by atoms with Crippen molar-refractivity contribution in [2.75, 3.05) is 32.8 Å². The molecule has 35 heavy (non-hydrogen) atoms. The minimum Gasteiger partial charge on any atom is -0.494 e. The molecule has 2 aliphatic heterocycles. The molecule has 0 aliphatic carbocycles. The van der Waals surface area contributed by atoms with E-state index in [0.29, 0.717) is 29.2 Å². The molecule has 0 radical (unpaired) electrons. The second-order valence-corrected chi connectivity index (χ2v) is 9.04. The molecule has 0 unspecified atom stereocenters. The maximum Gasteiger partial charge on any atom is 0.196 e. The predicted molar refractivity (Wildman–Crippen MR) is 137 cm³/mol. The first-order chi connectivity index (χ1) is 17.2. The Kier molecular flexibility index (Phi) is 7.44. The minimum absolute atomic E-state index is 0.0110. The summed E-state index contributed by atoms with van der Waals surface area (Å²) in [6.45, 7) is 4.98. The molecule has 3 aromatic rings. The standard InChI is InChI=1S/C30H31NO4/c32-30-25(19-23-9-11-26(12-10-23)33-18-6-17-31-15-4-5-16-31)22-35-29-20-27(13-14-28(29)30)34-21-24-7-2-1-3-8-24/h1-3,7-14,19-20H,4-6,15-18,21-22H2/b25-19+. The minimum atomic E-state index is -0.0110. The summed E-state index contributed by atoms with van der Waals surface area (Å²) in [4.78, 5) is 15.5. The lowest BCUT2D eigenvalue weighted by atomic mass is 9.98. The van der Waals surface area contributed by atoms with Crippen LogP contribution in [0.4, 0.5) is 0 Å². The number of hydrogen-bond donors (Lipinski definition) is 0. The Morgan fingerprint density at radius 1 is 0.886 bits per heavy atom. The Morgan fingerprint density at radius 3 is 2.46 bits per heavy atom. The normalized spacial score (nSPS) is 16.7. The van der Waals surface area contributed by atoms with E-state index in [0.717, 1.165) is 36.4 Å². The lowest BCUT2D eigenvalue weighted by Gasteiger charge is -2.20. The van der Waals surface area contributed by atoms with Gasteiger partial charge >= 0.3 is 0 Å². The fourth-order valence-electron chi connectivity index (χ4n) is 4.49. The van der Waals surface area contributed by atoms with Crippen LogP contribution in [0.1, 0.15) is 40.7 Å². The first kappa shape index (κ1) is 23.2. The van der Waals surface area contributed by atoms with Crippen LogP contribution in [0.15, 0.2) is 78.4 Å². The van der Waals surface area contributed by atoms with Crippen molar-refractivity contribution in [2.45, 2.75) is 25.9 Å².